The minimum Gasteiger partial charge on any atom is -0.497 e. The Bertz CT molecular complexity index is 1290. The average molecular weight is 453 g/mol. The first-order chi connectivity index (χ1) is 15.7. The highest BCUT2D eigenvalue weighted by Gasteiger charge is 2.32. The molecule has 1 aliphatic rings. The lowest BCUT2D eigenvalue weighted by Gasteiger charge is -2.45. The molecular weight excluding hydrogens is 428 g/mol. The first-order valence-corrected chi connectivity index (χ1v) is 10.7. The number of piperazine rings is 1. The quantitative estimate of drug-likeness (QED) is 0.604. The van der Waals surface area contributed by atoms with Crippen molar-refractivity contribution in [1.82, 2.24) is 14.5 Å². The van der Waals surface area contributed by atoms with Crippen LogP contribution in [-0.2, 0) is 13.6 Å². The van der Waals surface area contributed by atoms with Gasteiger partial charge < -0.3 is 14.2 Å². The van der Waals surface area contributed by atoms with E-state index in [1.165, 1.54) is 29.9 Å². The fraction of sp³-hybridized carbons (Fsp3) is 0.375. The van der Waals surface area contributed by atoms with Crippen molar-refractivity contribution in [3.8, 4) is 11.8 Å². The molecule has 0 bridgehead atoms. The number of methoxy groups -OCH3 is 1. The lowest BCUT2D eigenvalue weighted by Crippen LogP contribution is -2.56. The van der Waals surface area contributed by atoms with Crippen LogP contribution < -0.4 is 15.2 Å². The largest absolute Gasteiger partial charge is 0.497 e. The van der Waals surface area contributed by atoms with E-state index in [9.17, 15) is 18.8 Å². The third-order valence-corrected chi connectivity index (χ3v) is 6.32. The lowest BCUT2D eigenvalue weighted by molar-refractivity contribution is 0.154. The molecule has 1 aromatic carbocycles. The molecule has 3 aromatic rings. The van der Waals surface area contributed by atoms with E-state index in [-0.39, 0.29) is 41.2 Å². The highest BCUT2D eigenvalue weighted by molar-refractivity contribution is 5.89. The van der Waals surface area contributed by atoms with Crippen LogP contribution in [0.25, 0.3) is 11.0 Å². The summed E-state index contributed by atoms with van der Waals surface area (Å²) >= 11 is 0. The number of aromatic nitrogens is 2. The summed E-state index contributed by atoms with van der Waals surface area (Å²) in [5.41, 5.74) is 1.98. The van der Waals surface area contributed by atoms with E-state index in [2.05, 4.69) is 16.0 Å². The molecule has 3 heterocycles. The summed E-state index contributed by atoms with van der Waals surface area (Å²) in [6.45, 7) is 5.16. The van der Waals surface area contributed by atoms with Gasteiger partial charge in [-0.3, -0.25) is 9.69 Å². The van der Waals surface area contributed by atoms with Crippen molar-refractivity contribution in [1.29, 1.82) is 5.26 Å². The molecule has 0 N–H and O–H groups in total. The first kappa shape index (κ1) is 22.7. The second kappa shape index (κ2) is 8.79. The Balaban J connectivity index is 1.66. The predicted octanol–water partition coefficient (Wildman–Crippen LogP) is 3.19. The van der Waals surface area contributed by atoms with E-state index < -0.39 is 11.6 Å². The lowest BCUT2D eigenvalue weighted by atomic mass is 10.0. The van der Waals surface area contributed by atoms with Crippen LogP contribution in [0.15, 0.2) is 35.1 Å². The number of aryl methyl sites for hydroxylation is 1. The minimum absolute atomic E-state index is 0.00246. The SMILES string of the molecule is COc1cc(F)c(CN2C[C@H](C)N(c3cc(=O)n(C)c4ccc(C#N)nc34)C[C@H]2C)c(F)c1. The number of ether oxygens (including phenoxy) is 1. The van der Waals surface area contributed by atoms with Gasteiger partial charge in [0.2, 0.25) is 0 Å². The molecule has 0 aliphatic carbocycles. The molecular formula is C24H25F2N5O2. The van der Waals surface area contributed by atoms with Crippen molar-refractivity contribution in [2.45, 2.75) is 32.5 Å². The maximum atomic E-state index is 14.5. The Hall–Kier alpha value is -3.51. The molecule has 0 saturated carbocycles. The predicted molar refractivity (Wildman–Crippen MR) is 121 cm³/mol. The molecule has 4 rings (SSSR count). The van der Waals surface area contributed by atoms with Crippen molar-refractivity contribution in [2.75, 3.05) is 25.1 Å². The molecule has 1 aliphatic heterocycles. The highest BCUT2D eigenvalue weighted by atomic mass is 19.1. The number of halogens is 2. The van der Waals surface area contributed by atoms with Gasteiger partial charge >= 0.3 is 0 Å². The zero-order valence-corrected chi connectivity index (χ0v) is 19.0. The molecule has 2 atom stereocenters. The Morgan fingerprint density at radius 2 is 1.85 bits per heavy atom. The molecule has 33 heavy (non-hydrogen) atoms. The summed E-state index contributed by atoms with van der Waals surface area (Å²) in [4.78, 5) is 21.2. The molecule has 2 aromatic heterocycles. The van der Waals surface area contributed by atoms with Gasteiger partial charge in [0, 0.05) is 62.5 Å². The van der Waals surface area contributed by atoms with Crippen molar-refractivity contribution < 1.29 is 13.5 Å². The molecule has 9 heteroatoms. The molecule has 172 valence electrons. The zero-order chi connectivity index (χ0) is 23.9. The van der Waals surface area contributed by atoms with Gasteiger partial charge in [-0.15, -0.1) is 0 Å². The summed E-state index contributed by atoms with van der Waals surface area (Å²) in [6.07, 6.45) is 0. The fourth-order valence-corrected chi connectivity index (χ4v) is 4.40. The molecule has 1 saturated heterocycles. The van der Waals surface area contributed by atoms with E-state index >= 15 is 0 Å². The number of nitrogens with zero attached hydrogens (tertiary/aromatic N) is 5. The Morgan fingerprint density at radius 1 is 1.15 bits per heavy atom. The molecule has 1 fully saturated rings. The second-order valence-corrected chi connectivity index (χ2v) is 8.45. The topological polar surface area (TPSA) is 74.4 Å². The van der Waals surface area contributed by atoms with Gasteiger partial charge in [0.25, 0.3) is 5.56 Å². The second-order valence-electron chi connectivity index (χ2n) is 8.45. The van der Waals surface area contributed by atoms with Crippen LogP contribution in [0.2, 0.25) is 0 Å². The molecule has 0 spiro atoms. The minimum atomic E-state index is -0.639. The van der Waals surface area contributed by atoms with Crippen molar-refractivity contribution in [2.24, 2.45) is 7.05 Å². The summed E-state index contributed by atoms with van der Waals surface area (Å²) < 4.78 is 35.5. The number of benzene rings is 1. The van der Waals surface area contributed by atoms with Crippen LogP contribution in [-0.4, -0.2) is 46.7 Å². The summed E-state index contributed by atoms with van der Waals surface area (Å²) in [6, 6.07) is 9.17. The van der Waals surface area contributed by atoms with Gasteiger partial charge in [-0.2, -0.15) is 5.26 Å². The van der Waals surface area contributed by atoms with Crippen LogP contribution in [0, 0.1) is 23.0 Å². The molecule has 0 amide bonds. The van der Waals surface area contributed by atoms with Crippen LogP contribution in [0.1, 0.15) is 25.1 Å². The molecule has 7 nitrogen and oxygen atoms in total. The van der Waals surface area contributed by atoms with E-state index in [1.807, 2.05) is 18.7 Å². The van der Waals surface area contributed by atoms with Crippen LogP contribution in [0.5, 0.6) is 5.75 Å². The Labute approximate surface area is 190 Å². The molecule has 0 radical (unpaired) electrons. The Morgan fingerprint density at radius 3 is 2.48 bits per heavy atom. The van der Waals surface area contributed by atoms with E-state index in [0.717, 1.165) is 0 Å². The number of fused-ring (bicyclic) bond motifs is 1. The Kier molecular flexibility index (Phi) is 6.04. The van der Waals surface area contributed by atoms with Crippen molar-refractivity contribution in [3.05, 3.63) is 63.6 Å². The van der Waals surface area contributed by atoms with Gasteiger partial charge in [-0.05, 0) is 26.0 Å². The monoisotopic (exact) mass is 453 g/mol. The van der Waals surface area contributed by atoms with Crippen LogP contribution in [0.4, 0.5) is 14.5 Å². The maximum Gasteiger partial charge on any atom is 0.252 e. The number of pyridine rings is 2. The summed E-state index contributed by atoms with van der Waals surface area (Å²) in [5, 5.41) is 9.30. The highest BCUT2D eigenvalue weighted by Crippen LogP contribution is 2.30. The zero-order valence-electron chi connectivity index (χ0n) is 19.0. The van der Waals surface area contributed by atoms with Crippen molar-refractivity contribution >= 4 is 16.7 Å². The van der Waals surface area contributed by atoms with Gasteiger partial charge in [-0.1, -0.05) is 0 Å². The van der Waals surface area contributed by atoms with E-state index in [1.54, 1.807) is 19.2 Å². The first-order valence-electron chi connectivity index (χ1n) is 10.7. The third kappa shape index (κ3) is 4.14. The van der Waals surface area contributed by atoms with Gasteiger partial charge in [0.05, 0.1) is 18.3 Å². The number of nitriles is 1. The fourth-order valence-electron chi connectivity index (χ4n) is 4.40. The van der Waals surface area contributed by atoms with Gasteiger partial charge in [0.1, 0.15) is 34.7 Å². The van der Waals surface area contributed by atoms with Gasteiger partial charge in [0.15, 0.2) is 0 Å². The van der Waals surface area contributed by atoms with E-state index in [4.69, 9.17) is 4.74 Å². The summed E-state index contributed by atoms with van der Waals surface area (Å²) in [5.74, 6) is -1.14. The smallest absolute Gasteiger partial charge is 0.252 e. The standard InChI is InChI=1S/C24H25F2N5O2/c1-14-12-31(22-9-23(32)29(3)21-6-5-16(10-27)28-24(21)22)15(2)11-30(14)13-18-19(25)7-17(33-4)8-20(18)26/h5-9,14-15H,11-13H2,1-4H3/t14-,15+/m1/s1. The average Bonchev–Trinajstić information content (AvgIpc) is 2.80. The number of hydrogen-bond donors (Lipinski definition) is 0. The summed E-state index contributed by atoms with van der Waals surface area (Å²) in [7, 11) is 3.04. The van der Waals surface area contributed by atoms with Gasteiger partial charge in [-0.25, -0.2) is 13.8 Å². The maximum absolute atomic E-state index is 14.5. The molecule has 0 unspecified atom stereocenters. The number of hydrogen-bond acceptors (Lipinski definition) is 6. The third-order valence-electron chi connectivity index (χ3n) is 6.32. The normalized spacial score (nSPS) is 19.0. The van der Waals surface area contributed by atoms with E-state index in [0.29, 0.717) is 29.8 Å². The van der Waals surface area contributed by atoms with Crippen molar-refractivity contribution in [3.63, 3.8) is 0 Å². The number of anilines is 1. The number of rotatable bonds is 4. The van der Waals surface area contributed by atoms with Crippen LogP contribution in [0.3, 0.4) is 0 Å². The van der Waals surface area contributed by atoms with Crippen LogP contribution >= 0.6 is 0 Å².